The number of benzene rings is 2. The van der Waals surface area contributed by atoms with Crippen molar-refractivity contribution in [1.29, 1.82) is 0 Å². The number of amides is 1. The van der Waals surface area contributed by atoms with E-state index in [9.17, 15) is 4.79 Å². The van der Waals surface area contributed by atoms with Gasteiger partial charge in [0.2, 0.25) is 11.7 Å². The van der Waals surface area contributed by atoms with Crippen molar-refractivity contribution in [1.82, 2.24) is 14.8 Å². The highest BCUT2D eigenvalue weighted by atomic mass is 16.5. The molecule has 0 spiro atoms. The van der Waals surface area contributed by atoms with Gasteiger partial charge in [0, 0.05) is 55.4 Å². The van der Waals surface area contributed by atoms with Crippen molar-refractivity contribution in [3.63, 3.8) is 0 Å². The fourth-order valence-corrected chi connectivity index (χ4v) is 4.24. The van der Waals surface area contributed by atoms with Crippen LogP contribution in [0.25, 0.3) is 10.9 Å². The highest BCUT2D eigenvalue weighted by molar-refractivity contribution is 5.88. The number of carbonyl (C=O) groups is 1. The summed E-state index contributed by atoms with van der Waals surface area (Å²) in [5, 5.41) is 1.12. The third-order valence-corrected chi connectivity index (χ3v) is 5.92. The summed E-state index contributed by atoms with van der Waals surface area (Å²) in [6.45, 7) is 3.80. The Morgan fingerprint density at radius 3 is 2.35 bits per heavy atom. The van der Waals surface area contributed by atoms with Gasteiger partial charge in [-0.1, -0.05) is 24.3 Å². The van der Waals surface area contributed by atoms with E-state index in [2.05, 4.69) is 16.0 Å². The number of carbonyl (C=O) groups excluding carboxylic acids is 1. The molecule has 1 aliphatic heterocycles. The molecule has 164 valence electrons. The molecule has 3 aromatic rings. The Hall–Kier alpha value is -3.19. The maximum atomic E-state index is 12.9. The van der Waals surface area contributed by atoms with Crippen LogP contribution in [0.3, 0.4) is 0 Å². The standard InChI is InChI=1S/C24H29N3O4/c1-29-21-9-8-17(23(30-2)24(21)31-3)16-26-10-12-27(13-11-26)22(28)14-18-15-25-20-7-5-4-6-19(18)20/h4-9,15,25H,10-14,16H2,1-3H3. The quantitative estimate of drug-likeness (QED) is 0.633. The van der Waals surface area contributed by atoms with Crippen molar-refractivity contribution in [3.8, 4) is 17.2 Å². The van der Waals surface area contributed by atoms with Crippen LogP contribution in [-0.4, -0.2) is 68.2 Å². The van der Waals surface area contributed by atoms with E-state index in [1.807, 2.05) is 41.4 Å². The number of aromatic amines is 1. The van der Waals surface area contributed by atoms with Crippen LogP contribution in [-0.2, 0) is 17.8 Å². The van der Waals surface area contributed by atoms with Gasteiger partial charge in [0.1, 0.15) is 0 Å². The Kier molecular flexibility index (Phi) is 6.32. The zero-order chi connectivity index (χ0) is 21.8. The van der Waals surface area contributed by atoms with Crippen LogP contribution in [0.2, 0.25) is 0 Å². The van der Waals surface area contributed by atoms with Crippen molar-refractivity contribution in [2.75, 3.05) is 47.5 Å². The molecule has 7 nitrogen and oxygen atoms in total. The first-order valence-electron chi connectivity index (χ1n) is 10.5. The third kappa shape index (κ3) is 4.32. The molecule has 2 aromatic carbocycles. The minimum atomic E-state index is 0.174. The second-order valence-corrected chi connectivity index (χ2v) is 7.69. The predicted octanol–water partition coefficient (Wildman–Crippen LogP) is 3.08. The van der Waals surface area contributed by atoms with Gasteiger partial charge in [0.15, 0.2) is 11.5 Å². The van der Waals surface area contributed by atoms with Gasteiger partial charge in [-0.05, 0) is 17.7 Å². The molecular formula is C24H29N3O4. The first kappa shape index (κ1) is 21.1. The van der Waals surface area contributed by atoms with Crippen molar-refractivity contribution in [2.24, 2.45) is 0 Å². The van der Waals surface area contributed by atoms with Crippen molar-refractivity contribution < 1.29 is 19.0 Å². The first-order valence-corrected chi connectivity index (χ1v) is 10.5. The van der Waals surface area contributed by atoms with Gasteiger partial charge in [-0.15, -0.1) is 0 Å². The number of piperazine rings is 1. The highest BCUT2D eigenvalue weighted by Crippen LogP contribution is 2.40. The van der Waals surface area contributed by atoms with Gasteiger partial charge in [0.05, 0.1) is 27.8 Å². The van der Waals surface area contributed by atoms with E-state index in [-0.39, 0.29) is 5.91 Å². The maximum Gasteiger partial charge on any atom is 0.227 e. The molecule has 1 N–H and O–H groups in total. The predicted molar refractivity (Wildman–Crippen MR) is 120 cm³/mol. The van der Waals surface area contributed by atoms with E-state index in [4.69, 9.17) is 14.2 Å². The Morgan fingerprint density at radius 2 is 1.65 bits per heavy atom. The number of ether oxygens (including phenoxy) is 3. The number of para-hydroxylation sites is 1. The Bertz CT molecular complexity index is 1050. The van der Waals surface area contributed by atoms with Crippen molar-refractivity contribution >= 4 is 16.8 Å². The van der Waals surface area contributed by atoms with Crippen LogP contribution < -0.4 is 14.2 Å². The zero-order valence-electron chi connectivity index (χ0n) is 18.3. The number of hydrogen-bond donors (Lipinski definition) is 1. The molecule has 1 aliphatic rings. The minimum absolute atomic E-state index is 0.174. The molecule has 4 rings (SSSR count). The Labute approximate surface area is 182 Å². The molecule has 1 aromatic heterocycles. The molecule has 0 bridgehead atoms. The van der Waals surface area contributed by atoms with Gasteiger partial charge >= 0.3 is 0 Å². The van der Waals surface area contributed by atoms with E-state index >= 15 is 0 Å². The lowest BCUT2D eigenvalue weighted by atomic mass is 10.1. The van der Waals surface area contributed by atoms with Gasteiger partial charge < -0.3 is 24.1 Å². The fourth-order valence-electron chi connectivity index (χ4n) is 4.24. The fraction of sp³-hybridized carbons (Fsp3) is 0.375. The highest BCUT2D eigenvalue weighted by Gasteiger charge is 2.24. The Balaban J connectivity index is 1.37. The van der Waals surface area contributed by atoms with Crippen LogP contribution in [0.5, 0.6) is 17.2 Å². The topological polar surface area (TPSA) is 67.0 Å². The van der Waals surface area contributed by atoms with E-state index < -0.39 is 0 Å². The molecule has 7 heteroatoms. The summed E-state index contributed by atoms with van der Waals surface area (Å²) in [4.78, 5) is 20.4. The first-order chi connectivity index (χ1) is 15.1. The van der Waals surface area contributed by atoms with Crippen LogP contribution in [0.4, 0.5) is 0 Å². The monoisotopic (exact) mass is 423 g/mol. The average molecular weight is 424 g/mol. The zero-order valence-corrected chi connectivity index (χ0v) is 18.3. The summed E-state index contributed by atoms with van der Waals surface area (Å²) in [5.74, 6) is 2.12. The molecule has 2 heterocycles. The SMILES string of the molecule is COc1ccc(CN2CCN(C(=O)Cc3c[nH]c4ccccc34)CC2)c(OC)c1OC. The lowest BCUT2D eigenvalue weighted by molar-refractivity contribution is -0.132. The summed E-state index contributed by atoms with van der Waals surface area (Å²) >= 11 is 0. The molecular weight excluding hydrogens is 394 g/mol. The van der Waals surface area contributed by atoms with Crippen molar-refractivity contribution in [2.45, 2.75) is 13.0 Å². The van der Waals surface area contributed by atoms with E-state index in [1.54, 1.807) is 21.3 Å². The van der Waals surface area contributed by atoms with Gasteiger partial charge in [-0.25, -0.2) is 0 Å². The maximum absolute atomic E-state index is 12.9. The lowest BCUT2D eigenvalue weighted by Gasteiger charge is -2.35. The molecule has 0 aliphatic carbocycles. The summed E-state index contributed by atoms with van der Waals surface area (Å²) in [6.07, 6.45) is 2.37. The van der Waals surface area contributed by atoms with E-state index in [0.29, 0.717) is 23.7 Å². The number of rotatable bonds is 7. The molecule has 1 amide bonds. The number of nitrogens with zero attached hydrogens (tertiary/aromatic N) is 2. The average Bonchev–Trinajstić information content (AvgIpc) is 3.21. The second-order valence-electron chi connectivity index (χ2n) is 7.69. The lowest BCUT2D eigenvalue weighted by Crippen LogP contribution is -2.48. The number of fused-ring (bicyclic) bond motifs is 1. The minimum Gasteiger partial charge on any atom is -0.493 e. The molecule has 0 saturated carbocycles. The van der Waals surface area contributed by atoms with Crippen LogP contribution in [0.15, 0.2) is 42.6 Å². The van der Waals surface area contributed by atoms with Crippen LogP contribution in [0, 0.1) is 0 Å². The number of H-pyrrole nitrogens is 1. The molecule has 31 heavy (non-hydrogen) atoms. The van der Waals surface area contributed by atoms with Gasteiger partial charge in [-0.3, -0.25) is 9.69 Å². The molecule has 0 radical (unpaired) electrons. The van der Waals surface area contributed by atoms with Crippen molar-refractivity contribution in [3.05, 3.63) is 53.7 Å². The number of aromatic nitrogens is 1. The molecule has 1 saturated heterocycles. The second kappa shape index (κ2) is 9.31. The van der Waals surface area contributed by atoms with E-state index in [1.165, 1.54) is 0 Å². The third-order valence-electron chi connectivity index (χ3n) is 5.92. The molecule has 0 unspecified atom stereocenters. The molecule has 1 fully saturated rings. The normalized spacial score (nSPS) is 14.6. The van der Waals surface area contributed by atoms with Gasteiger partial charge in [0.25, 0.3) is 0 Å². The van der Waals surface area contributed by atoms with E-state index in [0.717, 1.165) is 54.8 Å². The smallest absolute Gasteiger partial charge is 0.227 e. The largest absolute Gasteiger partial charge is 0.493 e. The summed E-state index contributed by atoms with van der Waals surface area (Å²) in [7, 11) is 4.87. The Morgan fingerprint density at radius 1 is 0.903 bits per heavy atom. The van der Waals surface area contributed by atoms with Crippen LogP contribution >= 0.6 is 0 Å². The van der Waals surface area contributed by atoms with Crippen LogP contribution in [0.1, 0.15) is 11.1 Å². The summed E-state index contributed by atoms with van der Waals surface area (Å²) in [5.41, 5.74) is 3.16. The summed E-state index contributed by atoms with van der Waals surface area (Å²) in [6, 6.07) is 12.0. The van der Waals surface area contributed by atoms with Gasteiger partial charge in [-0.2, -0.15) is 0 Å². The number of methoxy groups -OCH3 is 3. The molecule has 0 atom stereocenters. The number of nitrogens with one attached hydrogen (secondary N) is 1. The summed E-state index contributed by atoms with van der Waals surface area (Å²) < 4.78 is 16.5. The number of hydrogen-bond acceptors (Lipinski definition) is 5.